The Labute approximate surface area is 115 Å². The third kappa shape index (κ3) is 2.23. The number of hydrogen-bond donors (Lipinski definition) is 3. The number of rotatable bonds is 1. The molecule has 1 aromatic carbocycles. The van der Waals surface area contributed by atoms with Gasteiger partial charge >= 0.3 is 0 Å². The molecule has 1 amide bonds. The number of benzene rings is 1. The molecule has 2 aromatic rings. The fourth-order valence-electron chi connectivity index (χ4n) is 2.45. The van der Waals surface area contributed by atoms with E-state index < -0.39 is 6.10 Å². The molecule has 1 atom stereocenters. The first-order valence-corrected chi connectivity index (χ1v) is 6.38. The molecule has 0 spiro atoms. The van der Waals surface area contributed by atoms with Gasteiger partial charge in [-0.3, -0.25) is 9.89 Å². The number of carbonyl (C=O) groups excluding carboxylic acids is 1. The second kappa shape index (κ2) is 4.93. The van der Waals surface area contributed by atoms with Crippen LogP contribution in [0, 0.1) is 0 Å². The molecule has 2 heterocycles. The molecule has 0 radical (unpaired) electrons. The number of hydrogen-bond acceptors (Lipinski definition) is 5. The van der Waals surface area contributed by atoms with Crippen molar-refractivity contribution in [2.24, 2.45) is 0 Å². The van der Waals surface area contributed by atoms with E-state index in [4.69, 9.17) is 5.73 Å². The van der Waals surface area contributed by atoms with Crippen LogP contribution in [-0.2, 0) is 6.42 Å². The summed E-state index contributed by atoms with van der Waals surface area (Å²) in [7, 11) is 0. The van der Waals surface area contributed by atoms with Crippen molar-refractivity contribution in [3.8, 4) is 0 Å². The number of nitrogens with zero attached hydrogens (tertiary/aromatic N) is 3. The molecule has 1 aromatic heterocycles. The zero-order chi connectivity index (χ0) is 14.1. The summed E-state index contributed by atoms with van der Waals surface area (Å²) < 4.78 is 0. The molecule has 3 rings (SSSR count). The third-order valence-corrected chi connectivity index (χ3v) is 3.45. The number of H-pyrrole nitrogens is 1. The fourth-order valence-corrected chi connectivity index (χ4v) is 2.45. The standard InChI is InChI=1S/C13H15N5O2/c14-13-15-11(16-17-13)12(20)18-6-5-8-3-1-2-4-9(8)10(19)7-18/h1-4,10,19H,5-7H2,(H3,14,15,16,17). The van der Waals surface area contributed by atoms with E-state index in [0.29, 0.717) is 13.0 Å². The van der Waals surface area contributed by atoms with E-state index in [1.54, 1.807) is 4.90 Å². The Morgan fingerprint density at radius 2 is 2.25 bits per heavy atom. The van der Waals surface area contributed by atoms with E-state index in [-0.39, 0.29) is 24.2 Å². The highest BCUT2D eigenvalue weighted by Crippen LogP contribution is 2.23. The van der Waals surface area contributed by atoms with Crippen LogP contribution in [0.3, 0.4) is 0 Å². The summed E-state index contributed by atoms with van der Waals surface area (Å²) in [6, 6.07) is 7.68. The van der Waals surface area contributed by atoms with Crippen molar-refractivity contribution in [1.29, 1.82) is 0 Å². The Morgan fingerprint density at radius 1 is 1.45 bits per heavy atom. The molecule has 7 nitrogen and oxygen atoms in total. The number of anilines is 1. The summed E-state index contributed by atoms with van der Waals surface area (Å²) in [5.74, 6) is -0.172. The second-order valence-corrected chi connectivity index (χ2v) is 4.76. The van der Waals surface area contributed by atoms with E-state index in [1.807, 2.05) is 24.3 Å². The minimum Gasteiger partial charge on any atom is -0.387 e. The van der Waals surface area contributed by atoms with Crippen molar-refractivity contribution in [3.63, 3.8) is 0 Å². The van der Waals surface area contributed by atoms with Crippen LogP contribution in [0.4, 0.5) is 5.95 Å². The van der Waals surface area contributed by atoms with Gasteiger partial charge in [0.05, 0.1) is 12.6 Å². The average molecular weight is 273 g/mol. The van der Waals surface area contributed by atoms with Gasteiger partial charge in [-0.05, 0) is 17.5 Å². The summed E-state index contributed by atoms with van der Waals surface area (Å²) in [4.78, 5) is 17.7. The molecule has 4 N–H and O–H groups in total. The molecule has 1 aliphatic rings. The predicted molar refractivity (Wildman–Crippen MR) is 71.8 cm³/mol. The Hall–Kier alpha value is -2.41. The lowest BCUT2D eigenvalue weighted by molar-refractivity contribution is 0.0632. The van der Waals surface area contributed by atoms with Gasteiger partial charge in [-0.25, -0.2) is 0 Å². The minimum atomic E-state index is -0.696. The van der Waals surface area contributed by atoms with Gasteiger partial charge in [-0.1, -0.05) is 24.3 Å². The zero-order valence-electron chi connectivity index (χ0n) is 10.8. The highest BCUT2D eigenvalue weighted by Gasteiger charge is 2.26. The van der Waals surface area contributed by atoms with Crippen LogP contribution in [0.2, 0.25) is 0 Å². The van der Waals surface area contributed by atoms with Gasteiger partial charge in [-0.2, -0.15) is 4.98 Å². The van der Waals surface area contributed by atoms with E-state index in [0.717, 1.165) is 11.1 Å². The highest BCUT2D eigenvalue weighted by molar-refractivity contribution is 5.90. The third-order valence-electron chi connectivity index (χ3n) is 3.45. The van der Waals surface area contributed by atoms with Crippen molar-refractivity contribution in [1.82, 2.24) is 20.1 Å². The Kier molecular flexibility index (Phi) is 3.11. The molecule has 0 bridgehead atoms. The minimum absolute atomic E-state index is 0.0343. The van der Waals surface area contributed by atoms with E-state index in [1.165, 1.54) is 0 Å². The van der Waals surface area contributed by atoms with Gasteiger partial charge < -0.3 is 15.7 Å². The van der Waals surface area contributed by atoms with Crippen LogP contribution in [0.5, 0.6) is 0 Å². The molecule has 0 saturated carbocycles. The maximum absolute atomic E-state index is 12.3. The van der Waals surface area contributed by atoms with Gasteiger partial charge in [0, 0.05) is 6.54 Å². The lowest BCUT2D eigenvalue weighted by atomic mass is 10.0. The molecule has 7 heteroatoms. The van der Waals surface area contributed by atoms with Crippen LogP contribution in [0.15, 0.2) is 24.3 Å². The van der Waals surface area contributed by atoms with E-state index in [9.17, 15) is 9.90 Å². The molecular weight excluding hydrogens is 258 g/mol. The first kappa shape index (κ1) is 12.6. The number of aliphatic hydroxyl groups excluding tert-OH is 1. The largest absolute Gasteiger partial charge is 0.387 e. The van der Waals surface area contributed by atoms with Crippen molar-refractivity contribution in [2.45, 2.75) is 12.5 Å². The Morgan fingerprint density at radius 3 is 3.00 bits per heavy atom. The quantitative estimate of drug-likeness (QED) is 0.684. The molecule has 1 unspecified atom stereocenters. The molecule has 104 valence electrons. The zero-order valence-corrected chi connectivity index (χ0v) is 10.8. The first-order valence-electron chi connectivity index (χ1n) is 6.38. The number of carbonyl (C=O) groups is 1. The number of amides is 1. The maximum Gasteiger partial charge on any atom is 0.291 e. The number of nitrogen functional groups attached to an aromatic ring is 1. The number of fused-ring (bicyclic) bond motifs is 1. The molecule has 0 saturated heterocycles. The fraction of sp³-hybridized carbons (Fsp3) is 0.308. The Bertz CT molecular complexity index is 639. The Balaban J connectivity index is 1.83. The van der Waals surface area contributed by atoms with Gasteiger partial charge in [0.1, 0.15) is 0 Å². The highest BCUT2D eigenvalue weighted by atomic mass is 16.3. The first-order chi connectivity index (χ1) is 9.65. The van der Waals surface area contributed by atoms with E-state index in [2.05, 4.69) is 15.2 Å². The molecule has 1 aliphatic heterocycles. The SMILES string of the molecule is Nc1n[nH]c(C(=O)N2CCc3ccccc3C(O)C2)n1. The summed E-state index contributed by atoms with van der Waals surface area (Å²) in [6.07, 6.45) is 0.000645. The van der Waals surface area contributed by atoms with Gasteiger partial charge in [0.25, 0.3) is 5.91 Å². The molecule has 20 heavy (non-hydrogen) atoms. The van der Waals surface area contributed by atoms with Crippen LogP contribution < -0.4 is 5.73 Å². The summed E-state index contributed by atoms with van der Waals surface area (Å²) in [5.41, 5.74) is 7.34. The topological polar surface area (TPSA) is 108 Å². The van der Waals surface area contributed by atoms with Crippen molar-refractivity contribution >= 4 is 11.9 Å². The number of aromatic amines is 1. The smallest absolute Gasteiger partial charge is 0.291 e. The molecule has 0 fully saturated rings. The number of nitrogens with two attached hydrogens (primary N) is 1. The number of nitrogens with one attached hydrogen (secondary N) is 1. The predicted octanol–water partition coefficient (Wildman–Crippen LogP) is 0.119. The van der Waals surface area contributed by atoms with Gasteiger partial charge in [0.2, 0.25) is 11.8 Å². The maximum atomic E-state index is 12.3. The van der Waals surface area contributed by atoms with Crippen LogP contribution in [0.1, 0.15) is 27.8 Å². The average Bonchev–Trinajstić information content (AvgIpc) is 2.81. The van der Waals surface area contributed by atoms with Gasteiger partial charge in [-0.15, -0.1) is 5.10 Å². The summed E-state index contributed by atoms with van der Waals surface area (Å²) in [5, 5.41) is 16.4. The molecule has 0 aliphatic carbocycles. The number of aromatic nitrogens is 3. The normalized spacial score (nSPS) is 18.4. The lowest BCUT2D eigenvalue weighted by Crippen LogP contribution is -2.35. The van der Waals surface area contributed by atoms with Crippen LogP contribution in [-0.4, -0.2) is 44.2 Å². The summed E-state index contributed by atoms with van der Waals surface area (Å²) in [6.45, 7) is 0.754. The van der Waals surface area contributed by atoms with Crippen molar-refractivity contribution in [2.75, 3.05) is 18.8 Å². The second-order valence-electron chi connectivity index (χ2n) is 4.76. The monoisotopic (exact) mass is 273 g/mol. The lowest BCUT2D eigenvalue weighted by Gasteiger charge is -2.21. The van der Waals surface area contributed by atoms with Crippen molar-refractivity contribution in [3.05, 3.63) is 41.2 Å². The number of β-amino-alcohol motifs (C(OH)–C–C–N with tert-alkyl or cyclic N) is 1. The van der Waals surface area contributed by atoms with E-state index >= 15 is 0 Å². The van der Waals surface area contributed by atoms with Crippen LogP contribution >= 0.6 is 0 Å². The molecular formula is C13H15N5O2. The van der Waals surface area contributed by atoms with Crippen molar-refractivity contribution < 1.29 is 9.90 Å². The van der Waals surface area contributed by atoms with Crippen LogP contribution in [0.25, 0.3) is 0 Å². The summed E-state index contributed by atoms with van der Waals surface area (Å²) >= 11 is 0. The van der Waals surface area contributed by atoms with Gasteiger partial charge in [0.15, 0.2) is 0 Å². The number of aliphatic hydroxyl groups is 1.